The average Bonchev–Trinajstić information content (AvgIpc) is 2.38. The lowest BCUT2D eigenvalue weighted by atomic mass is 10.1. The highest BCUT2D eigenvalue weighted by molar-refractivity contribution is 6.30. The maximum atomic E-state index is 6.01. The molecule has 4 heteroatoms. The van der Waals surface area contributed by atoms with Crippen molar-refractivity contribution in [2.45, 2.75) is 12.5 Å². The summed E-state index contributed by atoms with van der Waals surface area (Å²) in [5.41, 5.74) is 7.12. The van der Waals surface area contributed by atoms with E-state index in [1.807, 2.05) is 36.5 Å². The molecule has 1 unspecified atom stereocenters. The molecular weight excluding hydrogens is 248 g/mol. The Hall–Kier alpha value is -1.58. The molecule has 0 bridgehead atoms. The van der Waals surface area contributed by atoms with Gasteiger partial charge in [-0.1, -0.05) is 23.7 Å². The van der Waals surface area contributed by atoms with Crippen LogP contribution in [0.5, 0.6) is 5.75 Å². The third-order valence-corrected chi connectivity index (χ3v) is 2.72. The van der Waals surface area contributed by atoms with Crippen LogP contribution in [0, 0.1) is 0 Å². The first-order valence-electron chi connectivity index (χ1n) is 5.77. The molecule has 0 saturated carbocycles. The molecule has 0 saturated heterocycles. The molecule has 0 aliphatic rings. The van der Waals surface area contributed by atoms with Crippen molar-refractivity contribution in [2.75, 3.05) is 6.61 Å². The maximum Gasteiger partial charge on any atom is 0.120 e. The van der Waals surface area contributed by atoms with Crippen LogP contribution in [0.4, 0.5) is 0 Å². The van der Waals surface area contributed by atoms with Crippen LogP contribution >= 0.6 is 11.6 Å². The molecule has 1 heterocycles. The van der Waals surface area contributed by atoms with Crippen molar-refractivity contribution in [1.29, 1.82) is 0 Å². The van der Waals surface area contributed by atoms with Crippen LogP contribution in [0.15, 0.2) is 48.8 Å². The molecule has 0 amide bonds. The topological polar surface area (TPSA) is 48.1 Å². The number of nitrogens with two attached hydrogens (primary N) is 1. The fourth-order valence-corrected chi connectivity index (χ4v) is 1.82. The lowest BCUT2D eigenvalue weighted by molar-refractivity contribution is 0.287. The lowest BCUT2D eigenvalue weighted by Gasteiger charge is -2.13. The summed E-state index contributed by atoms with van der Waals surface area (Å²) >= 11 is 5.87. The highest BCUT2D eigenvalue weighted by Gasteiger charge is 2.05. The molecule has 3 nitrogen and oxygen atoms in total. The molecule has 1 atom stereocenters. The Morgan fingerprint density at radius 3 is 2.89 bits per heavy atom. The zero-order valence-electron chi connectivity index (χ0n) is 9.92. The van der Waals surface area contributed by atoms with Gasteiger partial charge in [0, 0.05) is 23.5 Å². The number of hydrogen-bond donors (Lipinski definition) is 1. The van der Waals surface area contributed by atoms with Gasteiger partial charge in [0.15, 0.2) is 0 Å². The smallest absolute Gasteiger partial charge is 0.120 e. The Morgan fingerprint density at radius 2 is 2.17 bits per heavy atom. The van der Waals surface area contributed by atoms with E-state index in [1.165, 1.54) is 0 Å². The number of rotatable bonds is 5. The van der Waals surface area contributed by atoms with Gasteiger partial charge in [0.2, 0.25) is 0 Å². The third-order valence-electron chi connectivity index (χ3n) is 2.48. The molecule has 0 spiro atoms. The summed E-state index contributed by atoms with van der Waals surface area (Å²) in [6.07, 6.45) is 4.31. The van der Waals surface area contributed by atoms with Crippen molar-refractivity contribution in [3.05, 3.63) is 59.4 Å². The number of aromatic nitrogens is 1. The molecule has 0 radical (unpaired) electrons. The van der Waals surface area contributed by atoms with E-state index >= 15 is 0 Å². The molecule has 94 valence electrons. The minimum Gasteiger partial charge on any atom is -0.492 e. The van der Waals surface area contributed by atoms with Gasteiger partial charge in [0.25, 0.3) is 0 Å². The van der Waals surface area contributed by atoms with Crippen molar-refractivity contribution < 1.29 is 4.74 Å². The number of halogens is 1. The average molecular weight is 263 g/mol. The van der Waals surface area contributed by atoms with Gasteiger partial charge in [-0.3, -0.25) is 4.98 Å². The van der Waals surface area contributed by atoms with Crippen molar-refractivity contribution in [3.63, 3.8) is 0 Å². The second-order valence-corrected chi connectivity index (χ2v) is 4.53. The normalized spacial score (nSPS) is 12.1. The molecule has 0 aliphatic carbocycles. The summed E-state index contributed by atoms with van der Waals surface area (Å²) in [5, 5.41) is 0.660. The number of pyridine rings is 1. The fourth-order valence-electron chi connectivity index (χ4n) is 1.64. The van der Waals surface area contributed by atoms with Gasteiger partial charge in [-0.15, -0.1) is 0 Å². The van der Waals surface area contributed by atoms with Gasteiger partial charge in [0.05, 0.1) is 0 Å². The van der Waals surface area contributed by atoms with Crippen LogP contribution in [0.25, 0.3) is 0 Å². The molecular formula is C14H15ClN2O. The maximum absolute atomic E-state index is 6.01. The first-order valence-corrected chi connectivity index (χ1v) is 6.14. The second-order valence-electron chi connectivity index (χ2n) is 4.09. The standard InChI is InChI=1S/C14H15ClN2O/c15-12-4-1-5-14(8-12)18-10-13(16)7-11-3-2-6-17-9-11/h1-6,8-9,13H,7,10,16H2. The van der Waals surface area contributed by atoms with Crippen LogP contribution in [-0.4, -0.2) is 17.6 Å². The van der Waals surface area contributed by atoms with E-state index in [0.717, 1.165) is 17.7 Å². The Bertz CT molecular complexity index is 490. The molecule has 1 aromatic carbocycles. The Morgan fingerprint density at radius 1 is 1.28 bits per heavy atom. The monoisotopic (exact) mass is 262 g/mol. The van der Waals surface area contributed by atoms with Gasteiger partial charge < -0.3 is 10.5 Å². The van der Waals surface area contributed by atoms with E-state index in [0.29, 0.717) is 11.6 Å². The molecule has 0 fully saturated rings. The Kier molecular flexibility index (Phi) is 4.56. The van der Waals surface area contributed by atoms with Crippen molar-refractivity contribution in [2.24, 2.45) is 5.73 Å². The molecule has 2 rings (SSSR count). The molecule has 0 aliphatic heterocycles. The number of nitrogens with zero attached hydrogens (tertiary/aromatic N) is 1. The van der Waals surface area contributed by atoms with E-state index < -0.39 is 0 Å². The van der Waals surface area contributed by atoms with Gasteiger partial charge in [-0.05, 0) is 36.2 Å². The van der Waals surface area contributed by atoms with E-state index in [9.17, 15) is 0 Å². The largest absolute Gasteiger partial charge is 0.492 e. The molecule has 1 aromatic heterocycles. The van der Waals surface area contributed by atoms with Gasteiger partial charge in [-0.2, -0.15) is 0 Å². The first kappa shape index (κ1) is 12.9. The molecule has 2 N–H and O–H groups in total. The van der Waals surface area contributed by atoms with Crippen LogP contribution in [0.2, 0.25) is 5.02 Å². The zero-order chi connectivity index (χ0) is 12.8. The van der Waals surface area contributed by atoms with Crippen molar-refractivity contribution >= 4 is 11.6 Å². The van der Waals surface area contributed by atoms with E-state index in [2.05, 4.69) is 4.98 Å². The minimum absolute atomic E-state index is 0.0619. The quantitative estimate of drug-likeness (QED) is 0.901. The highest BCUT2D eigenvalue weighted by Crippen LogP contribution is 2.17. The number of ether oxygens (including phenoxy) is 1. The summed E-state index contributed by atoms with van der Waals surface area (Å²) in [4.78, 5) is 4.05. The SMILES string of the molecule is NC(COc1cccc(Cl)c1)Cc1cccnc1. The van der Waals surface area contributed by atoms with Gasteiger partial charge in [0.1, 0.15) is 12.4 Å². The summed E-state index contributed by atoms with van der Waals surface area (Å²) < 4.78 is 5.59. The summed E-state index contributed by atoms with van der Waals surface area (Å²) in [7, 11) is 0. The number of hydrogen-bond acceptors (Lipinski definition) is 3. The minimum atomic E-state index is -0.0619. The third kappa shape index (κ3) is 4.02. The first-order chi connectivity index (χ1) is 8.74. The van der Waals surface area contributed by atoms with Crippen molar-refractivity contribution in [1.82, 2.24) is 4.98 Å². The van der Waals surface area contributed by atoms with E-state index in [4.69, 9.17) is 22.1 Å². The number of benzene rings is 1. The Balaban J connectivity index is 1.83. The predicted octanol–water partition coefficient (Wildman–Crippen LogP) is 2.68. The summed E-state index contributed by atoms with van der Waals surface area (Å²) in [5.74, 6) is 0.740. The summed E-state index contributed by atoms with van der Waals surface area (Å²) in [6, 6.07) is 11.1. The predicted molar refractivity (Wildman–Crippen MR) is 72.9 cm³/mol. The van der Waals surface area contributed by atoms with E-state index in [1.54, 1.807) is 12.3 Å². The fraction of sp³-hybridized carbons (Fsp3) is 0.214. The zero-order valence-corrected chi connectivity index (χ0v) is 10.7. The van der Waals surface area contributed by atoms with Gasteiger partial charge in [-0.25, -0.2) is 0 Å². The highest BCUT2D eigenvalue weighted by atomic mass is 35.5. The molecule has 2 aromatic rings. The van der Waals surface area contributed by atoms with E-state index in [-0.39, 0.29) is 6.04 Å². The molecule has 18 heavy (non-hydrogen) atoms. The van der Waals surface area contributed by atoms with Crippen LogP contribution in [-0.2, 0) is 6.42 Å². The van der Waals surface area contributed by atoms with Crippen LogP contribution < -0.4 is 10.5 Å². The lowest BCUT2D eigenvalue weighted by Crippen LogP contribution is -2.30. The Labute approximate surface area is 112 Å². The summed E-state index contributed by atoms with van der Waals surface area (Å²) in [6.45, 7) is 0.454. The van der Waals surface area contributed by atoms with Crippen LogP contribution in [0.1, 0.15) is 5.56 Å². The van der Waals surface area contributed by atoms with Gasteiger partial charge >= 0.3 is 0 Å². The second kappa shape index (κ2) is 6.38. The van der Waals surface area contributed by atoms with Crippen LogP contribution in [0.3, 0.4) is 0 Å². The van der Waals surface area contributed by atoms with Crippen molar-refractivity contribution in [3.8, 4) is 5.75 Å².